The molecule has 0 bridgehead atoms. The predicted molar refractivity (Wildman–Crippen MR) is 77.1 cm³/mol. The van der Waals surface area contributed by atoms with Crippen molar-refractivity contribution in [3.63, 3.8) is 0 Å². The second-order valence-electron chi connectivity index (χ2n) is 3.33. The number of carbonyl (C=O) groups is 2. The van der Waals surface area contributed by atoms with Gasteiger partial charge in [0.1, 0.15) is 17.1 Å². The second-order valence-corrected chi connectivity index (χ2v) is 4.05. The van der Waals surface area contributed by atoms with E-state index in [0.29, 0.717) is 5.69 Å². The highest BCUT2D eigenvalue weighted by Crippen LogP contribution is 2.09. The summed E-state index contributed by atoms with van der Waals surface area (Å²) in [6.45, 7) is 5.98. The lowest BCUT2D eigenvalue weighted by atomic mass is 10.2. The van der Waals surface area contributed by atoms with Crippen molar-refractivity contribution >= 4 is 23.1 Å². The molecule has 5 nitrogen and oxygen atoms in total. The first-order valence-corrected chi connectivity index (χ1v) is 7.23. The fourth-order valence-corrected chi connectivity index (χ4v) is 1.87. The maximum absolute atomic E-state index is 12.0. The Morgan fingerprint density at radius 1 is 1.20 bits per heavy atom. The highest BCUT2D eigenvalue weighted by Gasteiger charge is 2.15. The number of esters is 1. The number of hydrogen-bond acceptors (Lipinski definition) is 6. The van der Waals surface area contributed by atoms with Crippen molar-refractivity contribution in [2.24, 2.45) is 0 Å². The normalized spacial score (nSPS) is 9.35. The van der Waals surface area contributed by atoms with Gasteiger partial charge in [0.05, 0.1) is 12.1 Å². The molecule has 2 heterocycles. The third-order valence-corrected chi connectivity index (χ3v) is 2.72. The number of aromatic nitrogens is 2. The lowest BCUT2D eigenvalue weighted by Crippen LogP contribution is -2.11. The molecule has 0 spiro atoms. The van der Waals surface area contributed by atoms with Crippen molar-refractivity contribution in [2.75, 3.05) is 6.61 Å². The lowest BCUT2D eigenvalue weighted by molar-refractivity contribution is 0.0519. The van der Waals surface area contributed by atoms with Crippen LogP contribution in [0.15, 0.2) is 29.1 Å². The minimum absolute atomic E-state index is 0.123. The Morgan fingerprint density at radius 3 is 2.50 bits per heavy atom. The van der Waals surface area contributed by atoms with Crippen LogP contribution in [0.25, 0.3) is 0 Å². The summed E-state index contributed by atoms with van der Waals surface area (Å²) in [5, 5.41) is 1.64. The van der Waals surface area contributed by atoms with Crippen LogP contribution in [0.3, 0.4) is 0 Å². The van der Waals surface area contributed by atoms with E-state index < -0.39 is 5.97 Å². The van der Waals surface area contributed by atoms with Gasteiger partial charge in [-0.3, -0.25) is 4.79 Å². The number of hydrogen-bond donors (Lipinski definition) is 0. The molecule has 2 aromatic heterocycles. The van der Waals surface area contributed by atoms with Crippen molar-refractivity contribution in [3.05, 3.63) is 46.2 Å². The first-order chi connectivity index (χ1) is 9.72. The van der Waals surface area contributed by atoms with E-state index in [1.807, 2.05) is 13.8 Å². The maximum Gasteiger partial charge on any atom is 0.356 e. The fraction of sp³-hybridized carbons (Fsp3) is 0.286. The molecular formula is C14H16N2O3S. The summed E-state index contributed by atoms with van der Waals surface area (Å²) in [4.78, 5) is 31.4. The molecule has 0 aliphatic carbocycles. The van der Waals surface area contributed by atoms with E-state index in [2.05, 4.69) is 9.97 Å². The SMILES string of the molecule is CC.CCOC(=O)c1cccc(C(=O)c2cscn2)n1. The van der Waals surface area contributed by atoms with Crippen molar-refractivity contribution in [1.29, 1.82) is 0 Å². The summed E-state index contributed by atoms with van der Waals surface area (Å²) in [6, 6.07) is 4.65. The minimum Gasteiger partial charge on any atom is -0.461 e. The Balaban J connectivity index is 0.000000956. The number of ether oxygens (including phenoxy) is 1. The molecule has 6 heteroatoms. The van der Waals surface area contributed by atoms with Gasteiger partial charge < -0.3 is 4.74 Å². The summed E-state index contributed by atoms with van der Waals surface area (Å²) >= 11 is 1.33. The first-order valence-electron chi connectivity index (χ1n) is 6.29. The molecule has 0 N–H and O–H groups in total. The van der Waals surface area contributed by atoms with E-state index in [9.17, 15) is 9.59 Å². The van der Waals surface area contributed by atoms with E-state index in [-0.39, 0.29) is 23.8 Å². The zero-order valence-electron chi connectivity index (χ0n) is 11.6. The van der Waals surface area contributed by atoms with Gasteiger partial charge in [-0.25, -0.2) is 14.8 Å². The monoisotopic (exact) mass is 292 g/mol. The van der Waals surface area contributed by atoms with Gasteiger partial charge in [0.25, 0.3) is 0 Å². The molecule has 0 aromatic carbocycles. The number of thiazole rings is 1. The van der Waals surface area contributed by atoms with Crippen LogP contribution >= 0.6 is 11.3 Å². The summed E-state index contributed by atoms with van der Waals surface area (Å²) in [7, 11) is 0. The number of rotatable bonds is 4. The van der Waals surface area contributed by atoms with Crippen LogP contribution in [0, 0.1) is 0 Å². The van der Waals surface area contributed by atoms with E-state index >= 15 is 0 Å². The Hall–Kier alpha value is -2.08. The third-order valence-electron chi connectivity index (χ3n) is 2.13. The maximum atomic E-state index is 12.0. The van der Waals surface area contributed by atoms with Gasteiger partial charge in [0, 0.05) is 5.38 Å². The van der Waals surface area contributed by atoms with E-state index in [1.165, 1.54) is 17.4 Å². The van der Waals surface area contributed by atoms with Crippen LogP contribution in [0.1, 0.15) is 47.4 Å². The van der Waals surface area contributed by atoms with Gasteiger partial charge in [-0.15, -0.1) is 11.3 Å². The van der Waals surface area contributed by atoms with Gasteiger partial charge >= 0.3 is 5.97 Å². The zero-order chi connectivity index (χ0) is 15.0. The number of ketones is 1. The lowest BCUT2D eigenvalue weighted by Gasteiger charge is -2.02. The van der Waals surface area contributed by atoms with Crippen molar-refractivity contribution < 1.29 is 14.3 Å². The smallest absolute Gasteiger partial charge is 0.356 e. The summed E-state index contributed by atoms with van der Waals surface area (Å²) < 4.78 is 4.83. The molecular weight excluding hydrogens is 276 g/mol. The number of pyridine rings is 1. The number of carbonyl (C=O) groups excluding carboxylic acids is 2. The Bertz CT molecular complexity index is 568. The van der Waals surface area contributed by atoms with Gasteiger partial charge in [0.2, 0.25) is 5.78 Å². The van der Waals surface area contributed by atoms with Gasteiger partial charge in [-0.05, 0) is 19.1 Å². The third kappa shape index (κ3) is 3.96. The van der Waals surface area contributed by atoms with Crippen LogP contribution in [0.2, 0.25) is 0 Å². The standard InChI is InChI=1S/C12H10N2O3S.C2H6/c1-2-17-12(16)9-5-3-4-8(14-9)11(15)10-6-18-7-13-10;1-2/h3-7H,2H2,1H3;1-2H3. The van der Waals surface area contributed by atoms with Gasteiger partial charge in [-0.2, -0.15) is 0 Å². The molecule has 2 rings (SSSR count). The van der Waals surface area contributed by atoms with E-state index in [0.717, 1.165) is 0 Å². The fourth-order valence-electron chi connectivity index (χ4n) is 1.34. The van der Waals surface area contributed by atoms with Crippen LogP contribution in [0.4, 0.5) is 0 Å². The molecule has 0 aliphatic heterocycles. The minimum atomic E-state index is -0.537. The molecule has 0 radical (unpaired) electrons. The topological polar surface area (TPSA) is 69.2 Å². The summed E-state index contributed by atoms with van der Waals surface area (Å²) in [5.41, 5.74) is 2.21. The summed E-state index contributed by atoms with van der Waals surface area (Å²) in [6.07, 6.45) is 0. The van der Waals surface area contributed by atoms with Gasteiger partial charge in [-0.1, -0.05) is 19.9 Å². The highest BCUT2D eigenvalue weighted by molar-refractivity contribution is 7.07. The Kier molecular flexibility index (Phi) is 6.52. The van der Waals surface area contributed by atoms with Crippen LogP contribution in [-0.4, -0.2) is 28.3 Å². The second kappa shape index (κ2) is 8.16. The van der Waals surface area contributed by atoms with Crippen LogP contribution in [-0.2, 0) is 4.74 Å². The average molecular weight is 292 g/mol. The molecule has 0 saturated carbocycles. The molecule has 0 unspecified atom stereocenters. The van der Waals surface area contributed by atoms with Crippen LogP contribution < -0.4 is 0 Å². The number of nitrogens with zero attached hydrogens (tertiary/aromatic N) is 2. The molecule has 20 heavy (non-hydrogen) atoms. The molecule has 0 aliphatic rings. The molecule has 0 amide bonds. The molecule has 2 aromatic rings. The molecule has 0 atom stereocenters. The Morgan fingerprint density at radius 2 is 1.90 bits per heavy atom. The molecule has 0 fully saturated rings. The Labute approximate surface area is 121 Å². The van der Waals surface area contributed by atoms with Crippen molar-refractivity contribution in [3.8, 4) is 0 Å². The molecule has 106 valence electrons. The van der Waals surface area contributed by atoms with Crippen LogP contribution in [0.5, 0.6) is 0 Å². The summed E-state index contributed by atoms with van der Waals surface area (Å²) in [5.74, 6) is -0.840. The largest absolute Gasteiger partial charge is 0.461 e. The highest BCUT2D eigenvalue weighted by atomic mass is 32.1. The predicted octanol–water partition coefficient (Wildman–Crippen LogP) is 2.97. The van der Waals surface area contributed by atoms with Gasteiger partial charge in [0.15, 0.2) is 0 Å². The first kappa shape index (κ1) is 16.0. The van der Waals surface area contributed by atoms with Crippen molar-refractivity contribution in [2.45, 2.75) is 20.8 Å². The van der Waals surface area contributed by atoms with Crippen molar-refractivity contribution in [1.82, 2.24) is 9.97 Å². The quantitative estimate of drug-likeness (QED) is 0.640. The zero-order valence-corrected chi connectivity index (χ0v) is 12.4. The molecule has 0 saturated heterocycles. The average Bonchev–Trinajstić information content (AvgIpc) is 3.03. The van der Waals surface area contributed by atoms with E-state index in [1.54, 1.807) is 29.9 Å². The van der Waals surface area contributed by atoms with E-state index in [4.69, 9.17) is 4.74 Å².